The standard InChI is InChI=1S/C12H14BrNO/c1-12(2,3)10-6-9(13)5-8(7-14)11(10)15-4/h5-6H,1-4H3. The Balaban J connectivity index is 3.51. The van der Waals surface area contributed by atoms with Gasteiger partial charge in [-0.3, -0.25) is 0 Å². The van der Waals surface area contributed by atoms with Crippen LogP contribution in [0.15, 0.2) is 16.6 Å². The molecule has 0 N–H and O–H groups in total. The summed E-state index contributed by atoms with van der Waals surface area (Å²) >= 11 is 3.40. The van der Waals surface area contributed by atoms with Gasteiger partial charge in [0.25, 0.3) is 0 Å². The lowest BCUT2D eigenvalue weighted by Crippen LogP contribution is -2.13. The first-order valence-corrected chi connectivity index (χ1v) is 5.47. The predicted octanol–water partition coefficient (Wildman–Crippen LogP) is 3.63. The molecule has 0 saturated heterocycles. The Morgan fingerprint density at radius 2 is 1.93 bits per heavy atom. The van der Waals surface area contributed by atoms with Crippen LogP contribution in [0.4, 0.5) is 0 Å². The molecule has 3 heteroatoms. The lowest BCUT2D eigenvalue weighted by Gasteiger charge is -2.23. The highest BCUT2D eigenvalue weighted by molar-refractivity contribution is 9.10. The second kappa shape index (κ2) is 4.24. The molecule has 0 radical (unpaired) electrons. The van der Waals surface area contributed by atoms with E-state index in [1.165, 1.54) is 0 Å². The van der Waals surface area contributed by atoms with Crippen LogP contribution in [-0.4, -0.2) is 7.11 Å². The van der Waals surface area contributed by atoms with Crippen LogP contribution in [0, 0.1) is 11.3 Å². The molecule has 1 aromatic carbocycles. The summed E-state index contributed by atoms with van der Waals surface area (Å²) in [5.74, 6) is 0.674. The van der Waals surface area contributed by atoms with Gasteiger partial charge in [0, 0.05) is 10.0 Å². The largest absolute Gasteiger partial charge is 0.495 e. The van der Waals surface area contributed by atoms with E-state index in [0.29, 0.717) is 11.3 Å². The molecule has 0 aliphatic heterocycles. The van der Waals surface area contributed by atoms with Gasteiger partial charge in [0.15, 0.2) is 0 Å². The van der Waals surface area contributed by atoms with E-state index in [1.54, 1.807) is 13.2 Å². The van der Waals surface area contributed by atoms with Crippen molar-refractivity contribution < 1.29 is 4.74 Å². The van der Waals surface area contributed by atoms with Crippen molar-refractivity contribution in [3.8, 4) is 11.8 Å². The van der Waals surface area contributed by atoms with E-state index in [4.69, 9.17) is 10.00 Å². The van der Waals surface area contributed by atoms with Crippen molar-refractivity contribution in [2.24, 2.45) is 0 Å². The summed E-state index contributed by atoms with van der Waals surface area (Å²) in [6.45, 7) is 6.29. The molecule has 0 spiro atoms. The third-order valence-electron chi connectivity index (χ3n) is 2.19. The number of rotatable bonds is 1. The van der Waals surface area contributed by atoms with E-state index in [1.807, 2.05) is 6.07 Å². The fourth-order valence-corrected chi connectivity index (χ4v) is 1.91. The zero-order valence-electron chi connectivity index (χ0n) is 9.39. The van der Waals surface area contributed by atoms with Gasteiger partial charge in [-0.15, -0.1) is 0 Å². The molecular formula is C12H14BrNO. The summed E-state index contributed by atoms with van der Waals surface area (Å²) in [7, 11) is 1.60. The predicted molar refractivity (Wildman–Crippen MR) is 64.1 cm³/mol. The molecule has 0 bridgehead atoms. The average Bonchev–Trinajstić information content (AvgIpc) is 2.15. The Kier molecular flexibility index (Phi) is 3.41. The first-order chi connectivity index (χ1) is 6.90. The summed E-state index contributed by atoms with van der Waals surface area (Å²) in [6.07, 6.45) is 0. The molecule has 0 unspecified atom stereocenters. The van der Waals surface area contributed by atoms with Crippen LogP contribution < -0.4 is 4.74 Å². The number of hydrogen-bond acceptors (Lipinski definition) is 2. The van der Waals surface area contributed by atoms with Crippen LogP contribution in [0.1, 0.15) is 31.9 Å². The fraction of sp³-hybridized carbons (Fsp3) is 0.417. The Morgan fingerprint density at radius 3 is 2.33 bits per heavy atom. The second-order valence-corrected chi connectivity index (χ2v) is 5.31. The van der Waals surface area contributed by atoms with Gasteiger partial charge in [0.05, 0.1) is 12.7 Å². The van der Waals surface area contributed by atoms with Crippen LogP contribution in [0.2, 0.25) is 0 Å². The van der Waals surface area contributed by atoms with Gasteiger partial charge in [-0.05, 0) is 17.5 Å². The highest BCUT2D eigenvalue weighted by Crippen LogP contribution is 2.36. The smallest absolute Gasteiger partial charge is 0.140 e. The lowest BCUT2D eigenvalue weighted by atomic mass is 9.85. The molecule has 0 saturated carbocycles. The van der Waals surface area contributed by atoms with Crippen molar-refractivity contribution in [2.75, 3.05) is 7.11 Å². The van der Waals surface area contributed by atoms with E-state index >= 15 is 0 Å². The minimum Gasteiger partial charge on any atom is -0.495 e. The molecule has 15 heavy (non-hydrogen) atoms. The first-order valence-electron chi connectivity index (χ1n) is 4.68. The van der Waals surface area contributed by atoms with E-state index in [0.717, 1.165) is 10.0 Å². The van der Waals surface area contributed by atoms with Gasteiger partial charge < -0.3 is 4.74 Å². The molecule has 1 rings (SSSR count). The average molecular weight is 268 g/mol. The molecule has 80 valence electrons. The zero-order chi connectivity index (χ0) is 11.6. The summed E-state index contributed by atoms with van der Waals surface area (Å²) in [5, 5.41) is 9.01. The van der Waals surface area contributed by atoms with Gasteiger partial charge in [-0.1, -0.05) is 36.7 Å². The van der Waals surface area contributed by atoms with Crippen LogP contribution in [-0.2, 0) is 5.41 Å². The van der Waals surface area contributed by atoms with Crippen LogP contribution in [0.5, 0.6) is 5.75 Å². The normalized spacial score (nSPS) is 10.9. The SMILES string of the molecule is COc1c(C#N)cc(Br)cc1C(C)(C)C. The summed E-state index contributed by atoms with van der Waals surface area (Å²) in [6, 6.07) is 5.92. The molecule has 0 amide bonds. The molecule has 2 nitrogen and oxygen atoms in total. The summed E-state index contributed by atoms with van der Waals surface area (Å²) in [4.78, 5) is 0. The highest BCUT2D eigenvalue weighted by atomic mass is 79.9. The van der Waals surface area contributed by atoms with E-state index in [2.05, 4.69) is 42.8 Å². The molecule has 0 aliphatic carbocycles. The maximum Gasteiger partial charge on any atom is 0.140 e. The zero-order valence-corrected chi connectivity index (χ0v) is 11.0. The lowest BCUT2D eigenvalue weighted by molar-refractivity contribution is 0.396. The van der Waals surface area contributed by atoms with E-state index < -0.39 is 0 Å². The number of nitrogens with zero attached hydrogens (tertiary/aromatic N) is 1. The second-order valence-electron chi connectivity index (χ2n) is 4.40. The van der Waals surface area contributed by atoms with E-state index in [9.17, 15) is 0 Å². The Morgan fingerprint density at radius 1 is 1.33 bits per heavy atom. The van der Waals surface area contributed by atoms with Crippen molar-refractivity contribution in [2.45, 2.75) is 26.2 Å². The molecular weight excluding hydrogens is 254 g/mol. The number of methoxy groups -OCH3 is 1. The van der Waals surface area contributed by atoms with Crippen molar-refractivity contribution in [1.82, 2.24) is 0 Å². The Labute approximate surface area is 99.0 Å². The number of benzene rings is 1. The topological polar surface area (TPSA) is 33.0 Å². The molecule has 0 aromatic heterocycles. The Hall–Kier alpha value is -1.01. The fourth-order valence-electron chi connectivity index (χ4n) is 1.45. The number of ether oxygens (including phenoxy) is 1. The molecule has 0 aliphatic rings. The van der Waals surface area contributed by atoms with E-state index in [-0.39, 0.29) is 5.41 Å². The monoisotopic (exact) mass is 267 g/mol. The molecule has 0 heterocycles. The van der Waals surface area contributed by atoms with Gasteiger partial charge in [0.2, 0.25) is 0 Å². The third-order valence-corrected chi connectivity index (χ3v) is 2.64. The summed E-state index contributed by atoms with van der Waals surface area (Å²) < 4.78 is 6.21. The minimum atomic E-state index is -0.0409. The summed E-state index contributed by atoms with van der Waals surface area (Å²) in [5.41, 5.74) is 1.56. The van der Waals surface area contributed by atoms with Crippen molar-refractivity contribution >= 4 is 15.9 Å². The quantitative estimate of drug-likeness (QED) is 0.779. The molecule has 1 aromatic rings. The van der Waals surface area contributed by atoms with Crippen molar-refractivity contribution in [1.29, 1.82) is 5.26 Å². The maximum atomic E-state index is 9.01. The third kappa shape index (κ3) is 2.51. The minimum absolute atomic E-state index is 0.0409. The van der Waals surface area contributed by atoms with Crippen LogP contribution in [0.3, 0.4) is 0 Å². The maximum absolute atomic E-state index is 9.01. The van der Waals surface area contributed by atoms with Crippen LogP contribution >= 0.6 is 15.9 Å². The van der Waals surface area contributed by atoms with Crippen molar-refractivity contribution in [3.63, 3.8) is 0 Å². The number of hydrogen-bond donors (Lipinski definition) is 0. The number of halogens is 1. The highest BCUT2D eigenvalue weighted by Gasteiger charge is 2.21. The van der Waals surface area contributed by atoms with Gasteiger partial charge in [-0.2, -0.15) is 5.26 Å². The number of nitriles is 1. The van der Waals surface area contributed by atoms with Crippen LogP contribution in [0.25, 0.3) is 0 Å². The molecule has 0 atom stereocenters. The Bertz CT molecular complexity index is 413. The van der Waals surface area contributed by atoms with Crippen molar-refractivity contribution in [3.05, 3.63) is 27.7 Å². The first kappa shape index (κ1) is 12.1. The van der Waals surface area contributed by atoms with Gasteiger partial charge in [-0.25, -0.2) is 0 Å². The van der Waals surface area contributed by atoms with Gasteiger partial charge in [0.1, 0.15) is 11.8 Å². The molecule has 0 fully saturated rings. The van der Waals surface area contributed by atoms with Gasteiger partial charge >= 0.3 is 0 Å².